The fraction of sp³-hybridized carbons (Fsp3) is 0.188. The molecule has 0 atom stereocenters. The quantitative estimate of drug-likeness (QED) is 0.686. The number of methoxy groups -OCH3 is 1. The maximum absolute atomic E-state index is 12.7. The van der Waals surface area contributed by atoms with E-state index < -0.39 is 10.0 Å². The van der Waals surface area contributed by atoms with Crippen LogP contribution in [0.15, 0.2) is 39.7 Å². The van der Waals surface area contributed by atoms with E-state index >= 15 is 0 Å². The zero-order chi connectivity index (χ0) is 17.5. The summed E-state index contributed by atoms with van der Waals surface area (Å²) in [6.45, 7) is 3.98. The van der Waals surface area contributed by atoms with E-state index in [9.17, 15) is 8.42 Å². The molecule has 2 N–H and O–H groups in total. The minimum absolute atomic E-state index is 0.0344. The van der Waals surface area contributed by atoms with Crippen molar-refractivity contribution >= 4 is 42.9 Å². The highest BCUT2D eigenvalue weighted by Gasteiger charge is 2.21. The lowest BCUT2D eigenvalue weighted by Crippen LogP contribution is -2.15. The van der Waals surface area contributed by atoms with E-state index in [1.54, 1.807) is 12.1 Å². The lowest BCUT2D eigenvalue weighted by molar-refractivity contribution is 0.403. The molecule has 0 amide bonds. The maximum Gasteiger partial charge on any atom is 0.267 e. The third-order valence-electron chi connectivity index (χ3n) is 3.74. The summed E-state index contributed by atoms with van der Waals surface area (Å²) in [5.41, 5.74) is 3.68. The Kier molecular flexibility index (Phi) is 4.27. The van der Waals surface area contributed by atoms with E-state index in [1.807, 2.05) is 26.0 Å². The maximum atomic E-state index is 12.7. The molecule has 1 aromatic heterocycles. The van der Waals surface area contributed by atoms with Gasteiger partial charge in [-0.05, 0) is 55.3 Å². The summed E-state index contributed by atoms with van der Waals surface area (Å²) in [5, 5.41) is 0. The number of imidazole rings is 1. The second kappa shape index (κ2) is 6.10. The minimum atomic E-state index is -3.85. The lowest BCUT2D eigenvalue weighted by atomic mass is 10.1. The Morgan fingerprint density at radius 3 is 2.58 bits per heavy atom. The Morgan fingerprint density at radius 2 is 1.88 bits per heavy atom. The average molecular weight is 410 g/mol. The van der Waals surface area contributed by atoms with E-state index in [0.29, 0.717) is 9.99 Å². The number of nitrogens with one attached hydrogen (secondary N) is 2. The van der Waals surface area contributed by atoms with Crippen LogP contribution in [0.5, 0.6) is 5.75 Å². The van der Waals surface area contributed by atoms with Gasteiger partial charge in [0.25, 0.3) is 10.0 Å². The molecule has 3 rings (SSSR count). The predicted molar refractivity (Wildman–Crippen MR) is 97.1 cm³/mol. The average Bonchev–Trinajstić information content (AvgIpc) is 2.88. The molecule has 0 fully saturated rings. The number of hydrogen-bond donors (Lipinski definition) is 2. The van der Waals surface area contributed by atoms with Gasteiger partial charge in [-0.15, -0.1) is 0 Å². The van der Waals surface area contributed by atoms with Gasteiger partial charge in [-0.3, -0.25) is 0 Å². The molecule has 0 aliphatic rings. The first-order chi connectivity index (χ1) is 11.3. The summed E-state index contributed by atoms with van der Waals surface area (Å²) in [4.78, 5) is 7.33. The standard InChI is InChI=1S/C16H16BrN3O3S/c1-9-6-12-13(7-10(9)2)19-16(18-12)20-24(21,22)15-8-11(17)4-5-14(15)23-3/h4-8H,1-3H3,(H2,18,19,20). The van der Waals surface area contributed by atoms with Crippen molar-refractivity contribution in [1.29, 1.82) is 0 Å². The van der Waals surface area contributed by atoms with Crippen molar-refractivity contribution in [1.82, 2.24) is 9.97 Å². The fourth-order valence-electron chi connectivity index (χ4n) is 2.36. The van der Waals surface area contributed by atoms with E-state index in [-0.39, 0.29) is 16.6 Å². The summed E-state index contributed by atoms with van der Waals surface area (Å²) in [6.07, 6.45) is 0. The minimum Gasteiger partial charge on any atom is -0.495 e. The zero-order valence-electron chi connectivity index (χ0n) is 13.3. The van der Waals surface area contributed by atoms with E-state index in [4.69, 9.17) is 4.74 Å². The smallest absolute Gasteiger partial charge is 0.267 e. The van der Waals surface area contributed by atoms with Crippen LogP contribution in [-0.4, -0.2) is 25.5 Å². The number of ether oxygens (including phenoxy) is 1. The molecule has 8 heteroatoms. The SMILES string of the molecule is COc1ccc(Br)cc1S(=O)(=O)Nc1nc2cc(C)c(C)cc2[nH]1. The first-order valence-electron chi connectivity index (χ1n) is 7.13. The number of aryl methyl sites for hydroxylation is 2. The van der Waals surface area contributed by atoms with Crippen LogP contribution in [0.25, 0.3) is 11.0 Å². The Hall–Kier alpha value is -2.06. The first-order valence-corrected chi connectivity index (χ1v) is 9.41. The highest BCUT2D eigenvalue weighted by molar-refractivity contribution is 9.10. The molecule has 0 aliphatic heterocycles. The van der Waals surface area contributed by atoms with Crippen molar-refractivity contribution in [3.05, 3.63) is 45.9 Å². The van der Waals surface area contributed by atoms with Gasteiger partial charge >= 0.3 is 0 Å². The number of halogens is 1. The van der Waals surface area contributed by atoms with Gasteiger partial charge in [0, 0.05) is 4.47 Å². The highest BCUT2D eigenvalue weighted by atomic mass is 79.9. The number of rotatable bonds is 4. The second-order valence-corrected chi connectivity index (χ2v) is 8.01. The Labute approximate surface area is 148 Å². The van der Waals surface area contributed by atoms with Crippen molar-refractivity contribution < 1.29 is 13.2 Å². The Balaban J connectivity index is 2.02. The third-order valence-corrected chi connectivity index (χ3v) is 5.60. The van der Waals surface area contributed by atoms with Gasteiger partial charge in [0.1, 0.15) is 10.6 Å². The van der Waals surface area contributed by atoms with Crippen molar-refractivity contribution in [2.75, 3.05) is 11.8 Å². The van der Waals surface area contributed by atoms with Crippen LogP contribution in [0.4, 0.5) is 5.95 Å². The van der Waals surface area contributed by atoms with Crippen molar-refractivity contribution in [2.24, 2.45) is 0 Å². The van der Waals surface area contributed by atoms with E-state index in [0.717, 1.165) is 16.6 Å². The number of hydrogen-bond acceptors (Lipinski definition) is 4. The van der Waals surface area contributed by atoms with Crippen LogP contribution in [0.3, 0.4) is 0 Å². The predicted octanol–water partition coefficient (Wildman–Crippen LogP) is 3.75. The molecule has 0 saturated heterocycles. The van der Waals surface area contributed by atoms with Crippen molar-refractivity contribution in [2.45, 2.75) is 18.7 Å². The fourth-order valence-corrected chi connectivity index (χ4v) is 4.03. The van der Waals surface area contributed by atoms with Gasteiger partial charge < -0.3 is 9.72 Å². The number of fused-ring (bicyclic) bond motifs is 1. The molecule has 6 nitrogen and oxygen atoms in total. The first kappa shape index (κ1) is 16.8. The van der Waals surface area contributed by atoms with Gasteiger partial charge in [-0.2, -0.15) is 0 Å². The van der Waals surface area contributed by atoms with Crippen molar-refractivity contribution in [3.63, 3.8) is 0 Å². The molecule has 0 saturated carbocycles. The van der Waals surface area contributed by atoms with Crippen LogP contribution in [0.1, 0.15) is 11.1 Å². The van der Waals surface area contributed by atoms with Crippen molar-refractivity contribution in [3.8, 4) is 5.75 Å². The summed E-state index contributed by atoms with van der Waals surface area (Å²) in [6, 6.07) is 8.64. The van der Waals surface area contributed by atoms with Crippen LogP contribution in [0.2, 0.25) is 0 Å². The molecule has 1 heterocycles. The molecule has 0 spiro atoms. The molecular formula is C16H16BrN3O3S. The number of benzene rings is 2. The van der Waals surface area contributed by atoms with Crippen LogP contribution < -0.4 is 9.46 Å². The Morgan fingerprint density at radius 1 is 1.17 bits per heavy atom. The molecule has 0 unspecified atom stereocenters. The number of aromatic amines is 1. The molecule has 2 aromatic carbocycles. The molecule has 3 aromatic rings. The van der Waals surface area contributed by atoms with E-state index in [1.165, 1.54) is 13.2 Å². The van der Waals surface area contributed by atoms with Gasteiger partial charge in [-0.25, -0.2) is 18.1 Å². The summed E-state index contributed by atoms with van der Waals surface area (Å²) in [7, 11) is -2.42. The number of aromatic nitrogens is 2. The van der Waals surface area contributed by atoms with Gasteiger partial charge in [0.05, 0.1) is 18.1 Å². The zero-order valence-corrected chi connectivity index (χ0v) is 15.7. The molecule has 126 valence electrons. The van der Waals surface area contributed by atoms with Gasteiger partial charge in [-0.1, -0.05) is 15.9 Å². The molecular weight excluding hydrogens is 394 g/mol. The third kappa shape index (κ3) is 3.11. The van der Waals surface area contributed by atoms with Gasteiger partial charge in [0.15, 0.2) is 0 Å². The molecule has 0 radical (unpaired) electrons. The monoisotopic (exact) mass is 409 g/mol. The van der Waals surface area contributed by atoms with Crippen LogP contribution in [0, 0.1) is 13.8 Å². The Bertz CT molecular complexity index is 989. The summed E-state index contributed by atoms with van der Waals surface area (Å²) >= 11 is 3.28. The van der Waals surface area contributed by atoms with E-state index in [2.05, 4.69) is 30.6 Å². The number of anilines is 1. The summed E-state index contributed by atoms with van der Waals surface area (Å²) in [5.74, 6) is 0.422. The molecule has 24 heavy (non-hydrogen) atoms. The van der Waals surface area contributed by atoms with Crippen LogP contribution in [-0.2, 0) is 10.0 Å². The number of H-pyrrole nitrogens is 1. The second-order valence-electron chi connectivity index (χ2n) is 5.44. The summed E-state index contributed by atoms with van der Waals surface area (Å²) < 4.78 is 33.6. The van der Waals surface area contributed by atoms with Gasteiger partial charge in [0.2, 0.25) is 5.95 Å². The normalized spacial score (nSPS) is 11.7. The largest absolute Gasteiger partial charge is 0.495 e. The number of nitrogens with zero attached hydrogens (tertiary/aromatic N) is 1. The highest BCUT2D eigenvalue weighted by Crippen LogP contribution is 2.29. The molecule has 0 bridgehead atoms. The lowest BCUT2D eigenvalue weighted by Gasteiger charge is -2.10. The molecule has 0 aliphatic carbocycles. The van der Waals surface area contributed by atoms with Crippen LogP contribution >= 0.6 is 15.9 Å². The topological polar surface area (TPSA) is 84.1 Å². The number of sulfonamides is 1.